The molecule has 0 heterocycles. The summed E-state index contributed by atoms with van der Waals surface area (Å²) in [7, 11) is 0. The first-order valence-electron chi connectivity index (χ1n) is 6.57. The third-order valence-electron chi connectivity index (χ3n) is 3.36. The van der Waals surface area contributed by atoms with Crippen LogP contribution in [0.4, 0.5) is 0 Å². The van der Waals surface area contributed by atoms with Crippen molar-refractivity contribution in [1.82, 2.24) is 0 Å². The van der Waals surface area contributed by atoms with Crippen LogP contribution in [0.2, 0.25) is 0 Å². The van der Waals surface area contributed by atoms with Gasteiger partial charge in [-0.05, 0) is 25.7 Å². The van der Waals surface area contributed by atoms with E-state index in [0.29, 0.717) is 11.2 Å². The fourth-order valence-electron chi connectivity index (χ4n) is 2.01. The van der Waals surface area contributed by atoms with Gasteiger partial charge in [-0.1, -0.05) is 38.5 Å². The van der Waals surface area contributed by atoms with E-state index in [4.69, 9.17) is 5.11 Å². The third kappa shape index (κ3) is 7.15. The van der Waals surface area contributed by atoms with Gasteiger partial charge in [0.15, 0.2) is 0 Å². The first kappa shape index (κ1) is 13.9. The van der Waals surface area contributed by atoms with Crippen molar-refractivity contribution in [3.63, 3.8) is 0 Å². The molecule has 1 saturated carbocycles. The fourth-order valence-corrected chi connectivity index (χ4v) is 2.28. The van der Waals surface area contributed by atoms with Crippen LogP contribution in [-0.2, 0) is 4.79 Å². The molecule has 0 aliphatic heterocycles. The highest BCUT2D eigenvalue weighted by molar-refractivity contribution is 7.82. The number of aliphatic carboxylic acids is 1. The summed E-state index contributed by atoms with van der Waals surface area (Å²) in [5.74, 6) is -0.663. The van der Waals surface area contributed by atoms with E-state index in [-0.39, 0.29) is 0 Å². The zero-order valence-electron chi connectivity index (χ0n) is 10.1. The van der Waals surface area contributed by atoms with Gasteiger partial charge in [-0.3, -0.25) is 4.79 Å². The summed E-state index contributed by atoms with van der Waals surface area (Å²) < 4.78 is 0.418. The number of carboxylic acid groups (broad SMARTS) is 1. The van der Waals surface area contributed by atoms with Crippen LogP contribution in [0.1, 0.15) is 70.6 Å². The molecule has 0 aromatic carbocycles. The molecule has 1 N–H and O–H groups in total. The lowest BCUT2D eigenvalue weighted by Gasteiger charge is -2.06. The van der Waals surface area contributed by atoms with Crippen LogP contribution in [0.5, 0.6) is 0 Å². The molecular formula is C13H24O2S. The minimum Gasteiger partial charge on any atom is -0.481 e. The summed E-state index contributed by atoms with van der Waals surface area (Å²) in [5.41, 5.74) is 0. The highest BCUT2D eigenvalue weighted by atomic mass is 32.1. The molecule has 0 aromatic rings. The van der Waals surface area contributed by atoms with Gasteiger partial charge < -0.3 is 5.11 Å². The van der Waals surface area contributed by atoms with E-state index in [1.54, 1.807) is 0 Å². The number of carboxylic acids is 1. The molecule has 0 spiro atoms. The topological polar surface area (TPSA) is 37.3 Å². The summed E-state index contributed by atoms with van der Waals surface area (Å²) >= 11 is 4.60. The Balaban J connectivity index is 1.73. The maximum Gasteiger partial charge on any atom is 0.303 e. The molecule has 1 aliphatic rings. The van der Waals surface area contributed by atoms with E-state index in [1.807, 2.05) is 0 Å². The molecule has 0 bridgehead atoms. The molecule has 0 radical (unpaired) electrons. The van der Waals surface area contributed by atoms with Crippen molar-refractivity contribution in [3.8, 4) is 0 Å². The van der Waals surface area contributed by atoms with Crippen LogP contribution in [0.25, 0.3) is 0 Å². The molecule has 94 valence electrons. The van der Waals surface area contributed by atoms with Gasteiger partial charge in [0.05, 0.1) is 0 Å². The molecule has 1 rings (SSSR count). The predicted octanol–water partition coefficient (Wildman–Crippen LogP) is 4.04. The highest BCUT2D eigenvalue weighted by Gasteiger charge is 2.37. The minimum absolute atomic E-state index is 0.335. The van der Waals surface area contributed by atoms with Crippen LogP contribution in [-0.4, -0.2) is 15.8 Å². The van der Waals surface area contributed by atoms with Crippen LogP contribution < -0.4 is 0 Å². The Morgan fingerprint density at radius 2 is 1.50 bits per heavy atom. The Bertz CT molecular complexity index is 212. The number of thiol groups is 1. The zero-order valence-corrected chi connectivity index (χ0v) is 11.0. The minimum atomic E-state index is -0.663. The van der Waals surface area contributed by atoms with Crippen molar-refractivity contribution in [2.75, 3.05) is 0 Å². The van der Waals surface area contributed by atoms with Crippen molar-refractivity contribution >= 4 is 18.6 Å². The van der Waals surface area contributed by atoms with Crippen molar-refractivity contribution in [2.24, 2.45) is 0 Å². The second kappa shape index (κ2) is 7.21. The van der Waals surface area contributed by atoms with Crippen LogP contribution in [0.3, 0.4) is 0 Å². The lowest BCUT2D eigenvalue weighted by atomic mass is 10.1. The molecule has 1 aliphatic carbocycles. The van der Waals surface area contributed by atoms with E-state index in [9.17, 15) is 4.79 Å². The predicted molar refractivity (Wildman–Crippen MR) is 70.1 cm³/mol. The molecule has 2 nitrogen and oxygen atoms in total. The summed E-state index contributed by atoms with van der Waals surface area (Å²) in [6, 6.07) is 0. The Kier molecular flexibility index (Phi) is 6.25. The van der Waals surface area contributed by atoms with Gasteiger partial charge in [-0.25, -0.2) is 0 Å². The molecule has 0 unspecified atom stereocenters. The van der Waals surface area contributed by atoms with Crippen molar-refractivity contribution in [1.29, 1.82) is 0 Å². The van der Waals surface area contributed by atoms with Gasteiger partial charge in [0, 0.05) is 11.2 Å². The highest BCUT2D eigenvalue weighted by Crippen LogP contribution is 2.46. The number of unbranched alkanes of at least 4 members (excludes halogenated alkanes) is 6. The van der Waals surface area contributed by atoms with Crippen LogP contribution >= 0.6 is 12.6 Å². The Hall–Kier alpha value is -0.180. The lowest BCUT2D eigenvalue weighted by Crippen LogP contribution is -1.96. The van der Waals surface area contributed by atoms with Crippen LogP contribution in [0.15, 0.2) is 0 Å². The lowest BCUT2D eigenvalue weighted by molar-refractivity contribution is -0.137. The maximum absolute atomic E-state index is 10.3. The first-order chi connectivity index (χ1) is 7.62. The van der Waals surface area contributed by atoms with E-state index in [1.165, 1.54) is 51.4 Å². The van der Waals surface area contributed by atoms with Crippen molar-refractivity contribution in [2.45, 2.75) is 75.4 Å². The standard InChI is InChI=1S/C13H24O2S/c14-12(15)8-6-4-2-1-3-5-7-9-13(16)10-11-13/h16H,1-11H2,(H,14,15). The molecule has 3 heteroatoms. The van der Waals surface area contributed by atoms with Gasteiger partial charge in [0.25, 0.3) is 0 Å². The molecule has 16 heavy (non-hydrogen) atoms. The largest absolute Gasteiger partial charge is 0.481 e. The molecule has 0 aromatic heterocycles. The summed E-state index contributed by atoms with van der Waals surface area (Å²) in [5, 5.41) is 8.46. The molecular weight excluding hydrogens is 220 g/mol. The number of rotatable bonds is 10. The Morgan fingerprint density at radius 1 is 1.00 bits per heavy atom. The number of carbonyl (C=O) groups is 1. The number of hydrogen-bond acceptors (Lipinski definition) is 2. The van der Waals surface area contributed by atoms with Crippen molar-refractivity contribution in [3.05, 3.63) is 0 Å². The molecule has 0 amide bonds. The van der Waals surface area contributed by atoms with Gasteiger partial charge >= 0.3 is 5.97 Å². The third-order valence-corrected chi connectivity index (χ3v) is 4.03. The van der Waals surface area contributed by atoms with E-state index in [2.05, 4.69) is 12.6 Å². The average molecular weight is 244 g/mol. The van der Waals surface area contributed by atoms with E-state index in [0.717, 1.165) is 12.8 Å². The van der Waals surface area contributed by atoms with Crippen LogP contribution in [0, 0.1) is 0 Å². The summed E-state index contributed by atoms with van der Waals surface area (Å²) in [6.45, 7) is 0. The van der Waals surface area contributed by atoms with Crippen molar-refractivity contribution < 1.29 is 9.90 Å². The quantitative estimate of drug-likeness (QED) is 0.449. The molecule has 1 fully saturated rings. The van der Waals surface area contributed by atoms with Gasteiger partial charge in [0.2, 0.25) is 0 Å². The van der Waals surface area contributed by atoms with E-state index < -0.39 is 5.97 Å². The SMILES string of the molecule is O=C(O)CCCCCCCCCC1(S)CC1. The second-order valence-corrected chi connectivity index (χ2v) is 6.04. The zero-order chi connectivity index (χ0) is 11.9. The normalized spacial score (nSPS) is 17.3. The fraction of sp³-hybridized carbons (Fsp3) is 0.923. The second-order valence-electron chi connectivity index (χ2n) is 5.09. The Morgan fingerprint density at radius 3 is 2.00 bits per heavy atom. The van der Waals surface area contributed by atoms with Gasteiger partial charge in [0.1, 0.15) is 0 Å². The van der Waals surface area contributed by atoms with Gasteiger partial charge in [-0.2, -0.15) is 12.6 Å². The summed E-state index contributed by atoms with van der Waals surface area (Å²) in [6.07, 6.45) is 12.6. The first-order valence-corrected chi connectivity index (χ1v) is 7.01. The van der Waals surface area contributed by atoms with E-state index >= 15 is 0 Å². The van der Waals surface area contributed by atoms with Gasteiger partial charge in [-0.15, -0.1) is 0 Å². The summed E-state index contributed by atoms with van der Waals surface area (Å²) in [4.78, 5) is 10.3. The monoisotopic (exact) mass is 244 g/mol. The maximum atomic E-state index is 10.3. The average Bonchev–Trinajstić information content (AvgIpc) is 2.94. The molecule has 0 atom stereocenters. The Labute approximate surface area is 104 Å². The number of hydrogen-bond donors (Lipinski definition) is 2. The smallest absolute Gasteiger partial charge is 0.303 e. The molecule has 0 saturated heterocycles.